The number of carbonyl (C=O) groups excluding carboxylic acids is 1. The first-order valence-corrected chi connectivity index (χ1v) is 9.02. The summed E-state index contributed by atoms with van der Waals surface area (Å²) in [7, 11) is 0. The molecule has 0 radical (unpaired) electrons. The number of likely N-dealkylation sites (tertiary alicyclic amines) is 1. The minimum absolute atomic E-state index is 0.0565. The lowest BCUT2D eigenvalue weighted by atomic mass is 9.94. The summed E-state index contributed by atoms with van der Waals surface area (Å²) >= 11 is 0. The van der Waals surface area contributed by atoms with E-state index in [1.807, 2.05) is 4.90 Å². The van der Waals surface area contributed by atoms with Gasteiger partial charge in [-0.2, -0.15) is 10.1 Å². The minimum Gasteiger partial charge on any atom is -0.341 e. The molecule has 1 atom stereocenters. The summed E-state index contributed by atoms with van der Waals surface area (Å²) in [6.07, 6.45) is 5.94. The summed E-state index contributed by atoms with van der Waals surface area (Å²) in [4.78, 5) is 18.7. The van der Waals surface area contributed by atoms with Crippen molar-refractivity contribution in [2.24, 2.45) is 5.92 Å². The van der Waals surface area contributed by atoms with Gasteiger partial charge in [-0.1, -0.05) is 17.3 Å². The molecule has 1 aliphatic heterocycles. The fourth-order valence-corrected chi connectivity index (χ4v) is 3.43. The first-order chi connectivity index (χ1) is 13.2. The van der Waals surface area contributed by atoms with Crippen LogP contribution in [0.4, 0.5) is 4.39 Å². The molecule has 1 aromatic carbocycles. The number of piperidine rings is 1. The van der Waals surface area contributed by atoms with E-state index in [1.54, 1.807) is 41.3 Å². The maximum absolute atomic E-state index is 13.9. The molecular weight excluding hydrogens is 349 g/mol. The topological polar surface area (TPSA) is 77.1 Å². The van der Waals surface area contributed by atoms with Crippen LogP contribution in [-0.2, 0) is 17.8 Å². The van der Waals surface area contributed by atoms with Gasteiger partial charge in [0.1, 0.15) is 12.4 Å². The van der Waals surface area contributed by atoms with Crippen LogP contribution in [0.1, 0.15) is 18.7 Å². The minimum atomic E-state index is -0.377. The van der Waals surface area contributed by atoms with Gasteiger partial charge < -0.3 is 9.42 Å². The predicted molar refractivity (Wildman–Crippen MR) is 94.9 cm³/mol. The van der Waals surface area contributed by atoms with Gasteiger partial charge in [0.05, 0.1) is 5.56 Å². The van der Waals surface area contributed by atoms with Crippen molar-refractivity contribution in [3.8, 4) is 11.4 Å². The Morgan fingerprint density at radius 1 is 1.30 bits per heavy atom. The molecule has 1 amide bonds. The molecule has 0 bridgehead atoms. The molecule has 8 heteroatoms. The number of amides is 1. The normalized spacial score (nSPS) is 17.2. The summed E-state index contributed by atoms with van der Waals surface area (Å²) < 4.78 is 20.8. The molecule has 3 heterocycles. The van der Waals surface area contributed by atoms with E-state index >= 15 is 0 Å². The van der Waals surface area contributed by atoms with Crippen molar-refractivity contribution < 1.29 is 13.7 Å². The number of aromatic nitrogens is 4. The highest BCUT2D eigenvalue weighted by molar-refractivity contribution is 5.76. The Bertz CT molecular complexity index is 908. The fourth-order valence-electron chi connectivity index (χ4n) is 3.43. The second-order valence-electron chi connectivity index (χ2n) is 6.75. The zero-order valence-electron chi connectivity index (χ0n) is 14.8. The van der Waals surface area contributed by atoms with Crippen molar-refractivity contribution in [3.05, 3.63) is 54.4 Å². The lowest BCUT2D eigenvalue weighted by Gasteiger charge is -2.32. The number of carbonyl (C=O) groups is 1. The van der Waals surface area contributed by atoms with Gasteiger partial charge in [0.25, 0.3) is 0 Å². The number of hydrogen-bond acceptors (Lipinski definition) is 5. The number of rotatable bonds is 5. The van der Waals surface area contributed by atoms with E-state index in [0.717, 1.165) is 19.4 Å². The maximum Gasteiger partial charge on any atom is 0.244 e. The van der Waals surface area contributed by atoms with Crippen molar-refractivity contribution in [3.63, 3.8) is 0 Å². The highest BCUT2D eigenvalue weighted by Gasteiger charge is 2.26. The zero-order chi connectivity index (χ0) is 18.6. The summed E-state index contributed by atoms with van der Waals surface area (Å²) in [5, 5.41) is 7.98. The zero-order valence-corrected chi connectivity index (χ0v) is 14.8. The van der Waals surface area contributed by atoms with E-state index in [2.05, 4.69) is 15.2 Å². The average molecular weight is 369 g/mol. The van der Waals surface area contributed by atoms with Crippen LogP contribution < -0.4 is 0 Å². The lowest BCUT2D eigenvalue weighted by Crippen LogP contribution is -2.42. The second-order valence-corrected chi connectivity index (χ2v) is 6.75. The quantitative estimate of drug-likeness (QED) is 0.691. The summed E-state index contributed by atoms with van der Waals surface area (Å²) in [6.45, 7) is 1.65. The first-order valence-electron chi connectivity index (χ1n) is 9.02. The fraction of sp³-hybridized carbons (Fsp3) is 0.368. The van der Waals surface area contributed by atoms with E-state index < -0.39 is 0 Å². The molecule has 2 aromatic heterocycles. The van der Waals surface area contributed by atoms with E-state index in [-0.39, 0.29) is 30.0 Å². The average Bonchev–Trinajstić information content (AvgIpc) is 3.34. The monoisotopic (exact) mass is 369 g/mol. The maximum atomic E-state index is 13.9. The van der Waals surface area contributed by atoms with Crippen LogP contribution in [-0.4, -0.2) is 43.8 Å². The van der Waals surface area contributed by atoms with Crippen LogP contribution >= 0.6 is 0 Å². The van der Waals surface area contributed by atoms with E-state index in [1.165, 1.54) is 6.07 Å². The number of nitrogens with zero attached hydrogens (tertiary/aromatic N) is 5. The van der Waals surface area contributed by atoms with Crippen molar-refractivity contribution in [2.75, 3.05) is 13.1 Å². The number of benzene rings is 1. The third-order valence-corrected chi connectivity index (χ3v) is 4.77. The molecule has 0 saturated carbocycles. The Labute approximate surface area is 155 Å². The van der Waals surface area contributed by atoms with Gasteiger partial charge in [-0.15, -0.1) is 0 Å². The molecule has 3 aromatic rings. The van der Waals surface area contributed by atoms with Gasteiger partial charge in [0, 0.05) is 31.9 Å². The Morgan fingerprint density at radius 3 is 3.00 bits per heavy atom. The van der Waals surface area contributed by atoms with Gasteiger partial charge in [-0.05, 0) is 37.0 Å². The van der Waals surface area contributed by atoms with Crippen LogP contribution in [0.5, 0.6) is 0 Å². The Hall–Kier alpha value is -3.03. The molecule has 7 nitrogen and oxygen atoms in total. The summed E-state index contributed by atoms with van der Waals surface area (Å²) in [6, 6.07) is 8.15. The van der Waals surface area contributed by atoms with E-state index in [4.69, 9.17) is 4.52 Å². The van der Waals surface area contributed by atoms with E-state index in [9.17, 15) is 9.18 Å². The van der Waals surface area contributed by atoms with E-state index in [0.29, 0.717) is 24.4 Å². The standard InChI is InChI=1S/C19H20FN5O2/c20-16-7-2-1-6-15(16)19-22-17(27-23-19)11-14-5-3-9-24(12-14)18(26)13-25-10-4-8-21-25/h1-2,4,6-8,10,14H,3,5,9,11-13H2/t14-/m1/s1. The second kappa shape index (κ2) is 7.69. The molecule has 1 saturated heterocycles. The predicted octanol–water partition coefficient (Wildman–Crippen LogP) is 2.55. The van der Waals surface area contributed by atoms with Crippen molar-refractivity contribution >= 4 is 5.91 Å². The molecule has 0 unspecified atom stereocenters. The molecule has 1 aliphatic rings. The Balaban J connectivity index is 1.38. The van der Waals surface area contributed by atoms with Crippen molar-refractivity contribution in [1.82, 2.24) is 24.8 Å². The van der Waals surface area contributed by atoms with Crippen LogP contribution in [0.3, 0.4) is 0 Å². The van der Waals surface area contributed by atoms with Crippen LogP contribution in [0, 0.1) is 11.7 Å². The SMILES string of the molecule is O=C(Cn1cccn1)N1CCC[C@H](Cc2nc(-c3ccccc3F)no2)C1. The van der Waals surface area contributed by atoms with Gasteiger partial charge >= 0.3 is 0 Å². The Morgan fingerprint density at radius 2 is 2.19 bits per heavy atom. The van der Waals surface area contributed by atoms with Crippen molar-refractivity contribution in [1.29, 1.82) is 0 Å². The van der Waals surface area contributed by atoms with Crippen molar-refractivity contribution in [2.45, 2.75) is 25.8 Å². The molecule has 0 N–H and O–H groups in total. The van der Waals surface area contributed by atoms with Crippen LogP contribution in [0.25, 0.3) is 11.4 Å². The largest absolute Gasteiger partial charge is 0.341 e. The third-order valence-electron chi connectivity index (χ3n) is 4.77. The molecule has 140 valence electrons. The molecule has 1 fully saturated rings. The van der Waals surface area contributed by atoms with Gasteiger partial charge in [0.15, 0.2) is 0 Å². The van der Waals surface area contributed by atoms with Gasteiger partial charge in [-0.25, -0.2) is 4.39 Å². The lowest BCUT2D eigenvalue weighted by molar-refractivity contribution is -0.133. The third kappa shape index (κ3) is 4.05. The number of halogens is 1. The Kier molecular flexibility index (Phi) is 4.95. The number of hydrogen-bond donors (Lipinski definition) is 0. The molecule has 0 aliphatic carbocycles. The van der Waals surface area contributed by atoms with Gasteiger partial charge in [-0.3, -0.25) is 9.48 Å². The molecule has 4 rings (SSSR count). The summed E-state index contributed by atoms with van der Waals surface area (Å²) in [5.41, 5.74) is 0.326. The molecule has 0 spiro atoms. The summed E-state index contributed by atoms with van der Waals surface area (Å²) in [5.74, 6) is 0.651. The van der Waals surface area contributed by atoms with Gasteiger partial charge in [0.2, 0.25) is 17.6 Å². The highest BCUT2D eigenvalue weighted by Crippen LogP contribution is 2.23. The van der Waals surface area contributed by atoms with Crippen LogP contribution in [0.2, 0.25) is 0 Å². The highest BCUT2D eigenvalue weighted by atomic mass is 19.1. The van der Waals surface area contributed by atoms with Crippen LogP contribution in [0.15, 0.2) is 47.2 Å². The molecule has 27 heavy (non-hydrogen) atoms. The first kappa shape index (κ1) is 17.4. The molecular formula is C19H20FN5O2. The smallest absolute Gasteiger partial charge is 0.244 e.